The second-order valence-corrected chi connectivity index (χ2v) is 5.51. The number of nitrogens with two attached hydrogens (primary N) is 1. The van der Waals surface area contributed by atoms with Crippen molar-refractivity contribution in [3.8, 4) is 0 Å². The van der Waals surface area contributed by atoms with Crippen LogP contribution in [0.5, 0.6) is 0 Å². The molecule has 1 aromatic rings. The first-order chi connectivity index (χ1) is 9.10. The predicted octanol–water partition coefficient (Wildman–Crippen LogP) is 1.15. The van der Waals surface area contributed by atoms with Gasteiger partial charge in [-0.2, -0.15) is 0 Å². The standard InChI is InChI=1S/C13H22N4O2/c1-9(2)10-3-5-17(6-4-10)8-11-7-12(16-19-11)13(18)15-14/h7,9-10H,3-6,8,14H2,1-2H3,(H,15,18). The molecule has 1 fully saturated rings. The first-order valence-corrected chi connectivity index (χ1v) is 6.79. The van der Waals surface area contributed by atoms with E-state index in [2.05, 4.69) is 23.9 Å². The zero-order valence-electron chi connectivity index (χ0n) is 11.6. The normalized spacial score (nSPS) is 17.9. The van der Waals surface area contributed by atoms with Gasteiger partial charge in [-0.1, -0.05) is 19.0 Å². The molecule has 0 spiro atoms. The van der Waals surface area contributed by atoms with Gasteiger partial charge in [0.1, 0.15) is 0 Å². The second kappa shape index (κ2) is 6.16. The number of nitrogens with zero attached hydrogens (tertiary/aromatic N) is 2. The van der Waals surface area contributed by atoms with Gasteiger partial charge < -0.3 is 4.52 Å². The fourth-order valence-corrected chi connectivity index (χ4v) is 2.57. The highest BCUT2D eigenvalue weighted by Crippen LogP contribution is 2.25. The fourth-order valence-electron chi connectivity index (χ4n) is 2.57. The van der Waals surface area contributed by atoms with E-state index in [4.69, 9.17) is 10.4 Å². The molecule has 1 aliphatic heterocycles. The Morgan fingerprint density at radius 1 is 1.58 bits per heavy atom. The van der Waals surface area contributed by atoms with Crippen LogP contribution in [-0.4, -0.2) is 29.1 Å². The van der Waals surface area contributed by atoms with Gasteiger partial charge in [0, 0.05) is 6.07 Å². The van der Waals surface area contributed by atoms with Crippen molar-refractivity contribution in [2.24, 2.45) is 17.7 Å². The maximum atomic E-state index is 11.3. The van der Waals surface area contributed by atoms with Crippen LogP contribution in [0.1, 0.15) is 42.9 Å². The van der Waals surface area contributed by atoms with Crippen molar-refractivity contribution in [2.45, 2.75) is 33.2 Å². The topological polar surface area (TPSA) is 84.4 Å². The number of aromatic nitrogens is 1. The lowest BCUT2D eigenvalue weighted by Gasteiger charge is -2.33. The molecule has 0 aliphatic carbocycles. The summed E-state index contributed by atoms with van der Waals surface area (Å²) in [6, 6.07) is 1.65. The summed E-state index contributed by atoms with van der Waals surface area (Å²) in [4.78, 5) is 13.6. The zero-order chi connectivity index (χ0) is 13.8. The van der Waals surface area contributed by atoms with Crippen LogP contribution in [0.3, 0.4) is 0 Å². The number of hydrazine groups is 1. The van der Waals surface area contributed by atoms with Crippen molar-refractivity contribution in [2.75, 3.05) is 13.1 Å². The van der Waals surface area contributed by atoms with Crippen molar-refractivity contribution >= 4 is 5.91 Å². The van der Waals surface area contributed by atoms with Crippen LogP contribution in [0, 0.1) is 11.8 Å². The number of nitrogen functional groups attached to an aromatic ring is 1. The summed E-state index contributed by atoms with van der Waals surface area (Å²) in [5, 5.41) is 3.70. The molecule has 0 aromatic carbocycles. The number of amides is 1. The molecule has 0 atom stereocenters. The highest BCUT2D eigenvalue weighted by molar-refractivity contribution is 5.91. The molecule has 2 heterocycles. The minimum atomic E-state index is -0.423. The van der Waals surface area contributed by atoms with Crippen LogP contribution < -0.4 is 11.3 Å². The van der Waals surface area contributed by atoms with Crippen LogP contribution >= 0.6 is 0 Å². The molecule has 1 aromatic heterocycles. The van der Waals surface area contributed by atoms with E-state index in [1.807, 2.05) is 5.43 Å². The summed E-state index contributed by atoms with van der Waals surface area (Å²) in [6.45, 7) is 7.42. The summed E-state index contributed by atoms with van der Waals surface area (Å²) in [7, 11) is 0. The minimum absolute atomic E-state index is 0.231. The van der Waals surface area contributed by atoms with Crippen molar-refractivity contribution in [3.05, 3.63) is 17.5 Å². The number of carbonyl (C=O) groups excluding carboxylic acids is 1. The van der Waals surface area contributed by atoms with Gasteiger partial charge in [0.15, 0.2) is 11.5 Å². The highest BCUT2D eigenvalue weighted by Gasteiger charge is 2.22. The molecule has 0 unspecified atom stereocenters. The molecule has 2 rings (SSSR count). The first kappa shape index (κ1) is 14.0. The van der Waals surface area contributed by atoms with Gasteiger partial charge in [-0.25, -0.2) is 5.84 Å². The fraction of sp³-hybridized carbons (Fsp3) is 0.692. The third-order valence-corrected chi connectivity index (χ3v) is 3.88. The van der Waals surface area contributed by atoms with E-state index in [0.29, 0.717) is 12.3 Å². The number of rotatable bonds is 4. The number of piperidine rings is 1. The quantitative estimate of drug-likeness (QED) is 0.485. The van der Waals surface area contributed by atoms with E-state index in [-0.39, 0.29) is 5.69 Å². The Labute approximate surface area is 113 Å². The first-order valence-electron chi connectivity index (χ1n) is 6.79. The van der Waals surface area contributed by atoms with Gasteiger partial charge in [0.25, 0.3) is 5.91 Å². The molecule has 0 radical (unpaired) electrons. The van der Waals surface area contributed by atoms with E-state index in [1.54, 1.807) is 6.07 Å². The second-order valence-electron chi connectivity index (χ2n) is 5.51. The average molecular weight is 266 g/mol. The summed E-state index contributed by atoms with van der Waals surface area (Å²) >= 11 is 0. The zero-order valence-corrected chi connectivity index (χ0v) is 11.6. The van der Waals surface area contributed by atoms with Crippen molar-refractivity contribution < 1.29 is 9.32 Å². The monoisotopic (exact) mass is 266 g/mol. The van der Waals surface area contributed by atoms with Gasteiger partial charge >= 0.3 is 0 Å². The molecular weight excluding hydrogens is 244 g/mol. The molecule has 1 saturated heterocycles. The van der Waals surface area contributed by atoms with Crippen molar-refractivity contribution in [1.82, 2.24) is 15.5 Å². The van der Waals surface area contributed by atoms with Gasteiger partial charge in [0.05, 0.1) is 6.54 Å². The third kappa shape index (κ3) is 3.54. The largest absolute Gasteiger partial charge is 0.359 e. The molecular formula is C13H22N4O2. The molecule has 6 nitrogen and oxygen atoms in total. The summed E-state index contributed by atoms with van der Waals surface area (Å²) in [6.07, 6.45) is 2.45. The van der Waals surface area contributed by atoms with Crippen LogP contribution in [0.2, 0.25) is 0 Å². The minimum Gasteiger partial charge on any atom is -0.359 e. The van der Waals surface area contributed by atoms with E-state index in [9.17, 15) is 4.79 Å². The van der Waals surface area contributed by atoms with Crippen molar-refractivity contribution in [3.63, 3.8) is 0 Å². The summed E-state index contributed by atoms with van der Waals surface area (Å²) < 4.78 is 5.16. The number of hydrogen-bond donors (Lipinski definition) is 2. The number of carbonyl (C=O) groups is 1. The van der Waals surface area contributed by atoms with E-state index in [1.165, 1.54) is 12.8 Å². The molecule has 0 bridgehead atoms. The number of hydrogen-bond acceptors (Lipinski definition) is 5. The maximum absolute atomic E-state index is 11.3. The molecule has 106 valence electrons. The molecule has 3 N–H and O–H groups in total. The van der Waals surface area contributed by atoms with Crippen molar-refractivity contribution in [1.29, 1.82) is 0 Å². The number of likely N-dealkylation sites (tertiary alicyclic amines) is 1. The summed E-state index contributed by atoms with van der Waals surface area (Å²) in [5.74, 6) is 6.92. The molecule has 19 heavy (non-hydrogen) atoms. The van der Waals surface area contributed by atoms with E-state index in [0.717, 1.165) is 24.9 Å². The Kier molecular flexibility index (Phi) is 4.55. The van der Waals surface area contributed by atoms with E-state index < -0.39 is 5.91 Å². The lowest BCUT2D eigenvalue weighted by Crippen LogP contribution is -2.34. The predicted molar refractivity (Wildman–Crippen MR) is 71.0 cm³/mol. The van der Waals surface area contributed by atoms with Crippen LogP contribution in [0.4, 0.5) is 0 Å². The molecule has 0 saturated carbocycles. The van der Waals surface area contributed by atoms with Crippen LogP contribution in [0.25, 0.3) is 0 Å². The summed E-state index contributed by atoms with van der Waals surface area (Å²) in [5.41, 5.74) is 2.27. The van der Waals surface area contributed by atoms with Gasteiger partial charge in [-0.05, 0) is 37.8 Å². The Hall–Kier alpha value is -1.40. The number of nitrogens with one attached hydrogen (secondary N) is 1. The molecule has 1 amide bonds. The smallest absolute Gasteiger partial charge is 0.287 e. The van der Waals surface area contributed by atoms with Gasteiger partial charge in [-0.15, -0.1) is 0 Å². The Balaban J connectivity index is 1.85. The molecule has 6 heteroatoms. The average Bonchev–Trinajstić information content (AvgIpc) is 2.87. The highest BCUT2D eigenvalue weighted by atomic mass is 16.5. The lowest BCUT2D eigenvalue weighted by atomic mass is 9.87. The lowest BCUT2D eigenvalue weighted by molar-refractivity contribution is 0.0944. The SMILES string of the molecule is CC(C)C1CCN(Cc2cc(C(=O)NN)no2)CC1. The Morgan fingerprint density at radius 3 is 2.84 bits per heavy atom. The molecule has 1 aliphatic rings. The Bertz CT molecular complexity index is 422. The van der Waals surface area contributed by atoms with Crippen LogP contribution in [-0.2, 0) is 6.54 Å². The van der Waals surface area contributed by atoms with Crippen LogP contribution in [0.15, 0.2) is 10.6 Å². The van der Waals surface area contributed by atoms with Gasteiger partial charge in [0.2, 0.25) is 0 Å². The maximum Gasteiger partial charge on any atom is 0.287 e. The van der Waals surface area contributed by atoms with E-state index >= 15 is 0 Å². The van der Waals surface area contributed by atoms with Gasteiger partial charge in [-0.3, -0.25) is 15.1 Å². The Morgan fingerprint density at radius 2 is 2.26 bits per heavy atom. The third-order valence-electron chi connectivity index (χ3n) is 3.88.